The molecule has 0 bridgehead atoms. The number of aromatic nitrogens is 2. The zero-order valence-electron chi connectivity index (χ0n) is 14.8. The molecule has 0 aliphatic carbocycles. The molecule has 0 aliphatic rings. The fraction of sp³-hybridized carbons (Fsp3) is 0.318. The lowest BCUT2D eigenvalue weighted by Gasteiger charge is -2.03. The third-order valence-corrected chi connectivity index (χ3v) is 4.75. The molecule has 1 heterocycles. The smallest absolute Gasteiger partial charge is 0.110 e. The molecule has 3 aromatic rings. The van der Waals surface area contributed by atoms with Crippen molar-refractivity contribution in [3.05, 3.63) is 76.7 Å². The quantitative estimate of drug-likeness (QED) is 0.464. The number of unbranched alkanes of at least 4 members (excludes halogenated alkanes) is 3. The van der Waals surface area contributed by atoms with Crippen LogP contribution in [0.25, 0.3) is 11.3 Å². The third-order valence-electron chi connectivity index (χ3n) is 4.50. The van der Waals surface area contributed by atoms with Crippen LogP contribution in [0.2, 0.25) is 5.02 Å². The molecule has 0 aliphatic heterocycles. The summed E-state index contributed by atoms with van der Waals surface area (Å²) in [5.74, 6) is 0.973. The van der Waals surface area contributed by atoms with E-state index in [2.05, 4.69) is 41.2 Å². The van der Waals surface area contributed by atoms with Gasteiger partial charge in [-0.05, 0) is 41.7 Å². The van der Waals surface area contributed by atoms with Gasteiger partial charge in [0.05, 0.1) is 11.9 Å². The average Bonchev–Trinajstić information content (AvgIpc) is 3.10. The summed E-state index contributed by atoms with van der Waals surface area (Å²) in [4.78, 5) is 7.94. The second-order valence-electron chi connectivity index (χ2n) is 6.55. The topological polar surface area (TPSA) is 28.7 Å². The average molecular weight is 353 g/mol. The predicted octanol–water partition coefficient (Wildman–Crippen LogP) is 6.44. The summed E-state index contributed by atoms with van der Waals surface area (Å²) < 4.78 is 0. The van der Waals surface area contributed by atoms with Crippen molar-refractivity contribution in [3.8, 4) is 11.3 Å². The summed E-state index contributed by atoms with van der Waals surface area (Å²) in [7, 11) is 0. The number of aromatic amines is 1. The Kier molecular flexibility index (Phi) is 6.30. The summed E-state index contributed by atoms with van der Waals surface area (Å²) in [6.45, 7) is 2.25. The van der Waals surface area contributed by atoms with E-state index in [1.807, 2.05) is 30.5 Å². The Morgan fingerprint density at radius 1 is 0.880 bits per heavy atom. The Hall–Kier alpha value is -2.06. The van der Waals surface area contributed by atoms with Gasteiger partial charge in [0.1, 0.15) is 5.82 Å². The van der Waals surface area contributed by atoms with E-state index in [0.29, 0.717) is 0 Å². The van der Waals surface area contributed by atoms with Gasteiger partial charge in [-0.25, -0.2) is 4.98 Å². The molecule has 1 aromatic heterocycles. The van der Waals surface area contributed by atoms with Crippen LogP contribution in [0.15, 0.2) is 54.7 Å². The van der Waals surface area contributed by atoms with Gasteiger partial charge in [0.25, 0.3) is 0 Å². The Labute approximate surface area is 155 Å². The molecule has 0 saturated heterocycles. The minimum atomic E-state index is 0.763. The summed E-state index contributed by atoms with van der Waals surface area (Å²) in [5, 5.41) is 0.763. The number of H-pyrrole nitrogens is 1. The maximum absolute atomic E-state index is 5.94. The van der Waals surface area contributed by atoms with Crippen LogP contribution >= 0.6 is 11.6 Å². The highest BCUT2D eigenvalue weighted by molar-refractivity contribution is 6.30. The van der Waals surface area contributed by atoms with Crippen LogP contribution in [0.5, 0.6) is 0 Å². The van der Waals surface area contributed by atoms with Crippen LogP contribution in [0.4, 0.5) is 0 Å². The van der Waals surface area contributed by atoms with Crippen molar-refractivity contribution >= 4 is 11.6 Å². The molecule has 25 heavy (non-hydrogen) atoms. The molecule has 0 fully saturated rings. The summed E-state index contributed by atoms with van der Waals surface area (Å²) in [5.41, 5.74) is 4.88. The molecule has 0 atom stereocenters. The Morgan fingerprint density at radius 3 is 2.32 bits per heavy atom. The maximum atomic E-state index is 5.94. The van der Waals surface area contributed by atoms with Crippen LogP contribution < -0.4 is 0 Å². The molecule has 0 spiro atoms. The third kappa shape index (κ3) is 5.20. The SMILES string of the molecule is CCCCCCc1ccc(-c2cnc(Cc3ccc(Cl)cc3)[nH]2)cc1. The van der Waals surface area contributed by atoms with Crippen molar-refractivity contribution in [3.63, 3.8) is 0 Å². The number of benzene rings is 2. The first-order valence-electron chi connectivity index (χ1n) is 9.12. The zero-order valence-corrected chi connectivity index (χ0v) is 15.5. The highest BCUT2D eigenvalue weighted by Gasteiger charge is 2.05. The Morgan fingerprint density at radius 2 is 1.60 bits per heavy atom. The number of imidazole rings is 1. The number of nitrogens with zero attached hydrogens (tertiary/aromatic N) is 1. The summed E-state index contributed by atoms with van der Waals surface area (Å²) in [6.07, 6.45) is 9.11. The molecule has 1 N–H and O–H groups in total. The number of nitrogens with one attached hydrogen (secondary N) is 1. The number of hydrogen-bond acceptors (Lipinski definition) is 1. The van der Waals surface area contributed by atoms with E-state index in [-0.39, 0.29) is 0 Å². The first-order chi connectivity index (χ1) is 12.2. The molecule has 0 radical (unpaired) electrons. The minimum Gasteiger partial charge on any atom is -0.342 e. The van der Waals surface area contributed by atoms with E-state index in [1.54, 1.807) is 0 Å². The Bertz CT molecular complexity index is 773. The highest BCUT2D eigenvalue weighted by atomic mass is 35.5. The van der Waals surface area contributed by atoms with Gasteiger partial charge >= 0.3 is 0 Å². The fourth-order valence-electron chi connectivity index (χ4n) is 3.00. The van der Waals surface area contributed by atoms with Gasteiger partial charge in [0, 0.05) is 11.4 Å². The number of hydrogen-bond donors (Lipinski definition) is 1. The maximum Gasteiger partial charge on any atom is 0.110 e. The van der Waals surface area contributed by atoms with Crippen LogP contribution in [-0.4, -0.2) is 9.97 Å². The highest BCUT2D eigenvalue weighted by Crippen LogP contribution is 2.20. The largest absolute Gasteiger partial charge is 0.342 e. The lowest BCUT2D eigenvalue weighted by molar-refractivity contribution is 0.667. The molecule has 2 aromatic carbocycles. The van der Waals surface area contributed by atoms with E-state index in [1.165, 1.54) is 48.8 Å². The van der Waals surface area contributed by atoms with Crippen LogP contribution in [-0.2, 0) is 12.8 Å². The van der Waals surface area contributed by atoms with Crippen molar-refractivity contribution < 1.29 is 0 Å². The molecular formula is C22H25ClN2. The van der Waals surface area contributed by atoms with Gasteiger partial charge in [-0.1, -0.05) is 74.2 Å². The minimum absolute atomic E-state index is 0.763. The van der Waals surface area contributed by atoms with Crippen molar-refractivity contribution in [2.24, 2.45) is 0 Å². The zero-order chi connectivity index (χ0) is 17.5. The number of aryl methyl sites for hydroxylation is 1. The standard InChI is InChI=1S/C22H25ClN2/c1-2-3-4-5-6-17-7-11-19(12-8-17)21-16-24-22(25-21)15-18-9-13-20(23)14-10-18/h7-14,16H,2-6,15H2,1H3,(H,24,25). The van der Waals surface area contributed by atoms with E-state index in [9.17, 15) is 0 Å². The second-order valence-corrected chi connectivity index (χ2v) is 6.99. The molecule has 130 valence electrons. The van der Waals surface area contributed by atoms with Gasteiger partial charge < -0.3 is 4.98 Å². The van der Waals surface area contributed by atoms with Gasteiger partial charge in [-0.2, -0.15) is 0 Å². The normalized spacial score (nSPS) is 11.0. The van der Waals surface area contributed by atoms with E-state index < -0.39 is 0 Å². The van der Waals surface area contributed by atoms with Gasteiger partial charge in [0.2, 0.25) is 0 Å². The van der Waals surface area contributed by atoms with Crippen LogP contribution in [0, 0.1) is 0 Å². The van der Waals surface area contributed by atoms with Crippen molar-refractivity contribution in [2.75, 3.05) is 0 Å². The summed E-state index contributed by atoms with van der Waals surface area (Å²) >= 11 is 5.94. The van der Waals surface area contributed by atoms with E-state index >= 15 is 0 Å². The number of halogens is 1. The first-order valence-corrected chi connectivity index (χ1v) is 9.50. The van der Waals surface area contributed by atoms with Crippen molar-refractivity contribution in [2.45, 2.75) is 45.4 Å². The molecule has 0 amide bonds. The van der Waals surface area contributed by atoms with E-state index in [0.717, 1.165) is 23.0 Å². The predicted molar refractivity (Wildman–Crippen MR) is 106 cm³/mol. The Balaban J connectivity index is 1.60. The fourth-order valence-corrected chi connectivity index (χ4v) is 3.13. The van der Waals surface area contributed by atoms with Gasteiger partial charge in [0.15, 0.2) is 0 Å². The monoisotopic (exact) mass is 352 g/mol. The van der Waals surface area contributed by atoms with Crippen molar-refractivity contribution in [1.82, 2.24) is 9.97 Å². The second kappa shape index (κ2) is 8.87. The van der Waals surface area contributed by atoms with Gasteiger partial charge in [-0.3, -0.25) is 0 Å². The summed E-state index contributed by atoms with van der Waals surface area (Å²) in [6, 6.07) is 16.8. The van der Waals surface area contributed by atoms with Crippen LogP contribution in [0.3, 0.4) is 0 Å². The first kappa shape index (κ1) is 17.8. The molecular weight excluding hydrogens is 328 g/mol. The van der Waals surface area contributed by atoms with Gasteiger partial charge in [-0.15, -0.1) is 0 Å². The molecule has 2 nitrogen and oxygen atoms in total. The number of rotatable bonds is 8. The van der Waals surface area contributed by atoms with E-state index in [4.69, 9.17) is 11.6 Å². The lowest BCUT2D eigenvalue weighted by atomic mass is 10.0. The lowest BCUT2D eigenvalue weighted by Crippen LogP contribution is -1.90. The molecule has 0 saturated carbocycles. The van der Waals surface area contributed by atoms with Crippen LogP contribution in [0.1, 0.15) is 49.6 Å². The van der Waals surface area contributed by atoms with Crippen molar-refractivity contribution in [1.29, 1.82) is 0 Å². The molecule has 3 heteroatoms. The molecule has 3 rings (SSSR count). The molecule has 0 unspecified atom stereocenters.